The Hall–Kier alpha value is -1.58. The Balaban J connectivity index is 2.08. The van der Waals surface area contributed by atoms with E-state index in [0.29, 0.717) is 25.2 Å². The van der Waals surface area contributed by atoms with E-state index in [9.17, 15) is 9.18 Å². The average Bonchev–Trinajstić information content (AvgIpc) is 2.28. The Morgan fingerprint density at radius 2 is 2.44 bits per heavy atom. The van der Waals surface area contributed by atoms with Gasteiger partial charge in [0.1, 0.15) is 18.2 Å². The summed E-state index contributed by atoms with van der Waals surface area (Å²) in [5.74, 6) is 0.432. The fraction of sp³-hybridized carbons (Fsp3) is 0.417. The van der Waals surface area contributed by atoms with Crippen LogP contribution in [0.3, 0.4) is 0 Å². The number of hydrogen-bond acceptors (Lipinski definition) is 2. The molecule has 1 atom stereocenters. The molecule has 1 aliphatic heterocycles. The van der Waals surface area contributed by atoms with E-state index in [2.05, 4.69) is 5.32 Å². The molecular weight excluding hydrogens is 209 g/mol. The van der Waals surface area contributed by atoms with E-state index in [0.717, 1.165) is 5.56 Å². The maximum Gasteiger partial charge on any atom is 0.220 e. The highest BCUT2D eigenvalue weighted by Crippen LogP contribution is 2.25. The lowest BCUT2D eigenvalue weighted by Crippen LogP contribution is -2.42. The standard InChI is InChI=1S/C12H14FNO2/c1-2-12(15)14-10-6-8-5-9(13)3-4-11(8)16-7-10/h3-5,10H,2,6-7H2,1H3,(H,14,15)/t10-/m0/s1. The number of carbonyl (C=O) groups is 1. The highest BCUT2D eigenvalue weighted by Gasteiger charge is 2.21. The van der Waals surface area contributed by atoms with Gasteiger partial charge in [0.25, 0.3) is 0 Å². The van der Waals surface area contributed by atoms with Crippen LogP contribution in [-0.4, -0.2) is 18.6 Å². The molecule has 1 amide bonds. The summed E-state index contributed by atoms with van der Waals surface area (Å²) in [4.78, 5) is 11.2. The molecule has 1 N–H and O–H groups in total. The minimum atomic E-state index is -0.273. The summed E-state index contributed by atoms with van der Waals surface area (Å²) in [6.07, 6.45) is 1.07. The summed E-state index contributed by atoms with van der Waals surface area (Å²) in [6.45, 7) is 2.25. The molecule has 16 heavy (non-hydrogen) atoms. The van der Waals surface area contributed by atoms with Crippen molar-refractivity contribution in [1.82, 2.24) is 5.32 Å². The Morgan fingerprint density at radius 1 is 1.62 bits per heavy atom. The topological polar surface area (TPSA) is 38.3 Å². The average molecular weight is 223 g/mol. The first-order chi connectivity index (χ1) is 7.69. The van der Waals surface area contributed by atoms with Crippen molar-refractivity contribution in [2.75, 3.05) is 6.61 Å². The molecule has 1 aliphatic rings. The molecule has 0 radical (unpaired) electrons. The minimum Gasteiger partial charge on any atom is -0.491 e. The SMILES string of the molecule is CCC(=O)N[C@@H]1COc2ccc(F)cc2C1. The molecule has 1 heterocycles. The molecule has 0 aromatic heterocycles. The van der Waals surface area contributed by atoms with Crippen LogP contribution in [0.2, 0.25) is 0 Å². The zero-order chi connectivity index (χ0) is 11.5. The molecule has 4 heteroatoms. The van der Waals surface area contributed by atoms with E-state index in [4.69, 9.17) is 4.74 Å². The van der Waals surface area contributed by atoms with Crippen LogP contribution >= 0.6 is 0 Å². The van der Waals surface area contributed by atoms with E-state index >= 15 is 0 Å². The predicted molar refractivity (Wildman–Crippen MR) is 57.8 cm³/mol. The Labute approximate surface area is 93.6 Å². The number of rotatable bonds is 2. The normalized spacial score (nSPS) is 18.5. The minimum absolute atomic E-state index is 0.00606. The number of nitrogens with one attached hydrogen (secondary N) is 1. The monoisotopic (exact) mass is 223 g/mol. The Kier molecular flexibility index (Phi) is 3.08. The zero-order valence-corrected chi connectivity index (χ0v) is 9.13. The summed E-state index contributed by atoms with van der Waals surface area (Å²) >= 11 is 0. The van der Waals surface area contributed by atoms with Crippen LogP contribution in [0, 0.1) is 5.82 Å². The number of fused-ring (bicyclic) bond motifs is 1. The van der Waals surface area contributed by atoms with Crippen molar-refractivity contribution >= 4 is 5.91 Å². The lowest BCUT2D eigenvalue weighted by atomic mass is 10.0. The quantitative estimate of drug-likeness (QED) is 0.828. The summed E-state index contributed by atoms with van der Waals surface area (Å²) in [7, 11) is 0. The lowest BCUT2D eigenvalue weighted by molar-refractivity contribution is -0.121. The molecule has 0 unspecified atom stereocenters. The van der Waals surface area contributed by atoms with Crippen molar-refractivity contribution in [3.63, 3.8) is 0 Å². The Morgan fingerprint density at radius 3 is 3.19 bits per heavy atom. The van der Waals surface area contributed by atoms with Crippen LogP contribution in [-0.2, 0) is 11.2 Å². The van der Waals surface area contributed by atoms with Crippen molar-refractivity contribution in [2.45, 2.75) is 25.8 Å². The van der Waals surface area contributed by atoms with Gasteiger partial charge in [-0.2, -0.15) is 0 Å². The second-order valence-electron chi connectivity index (χ2n) is 3.89. The number of amides is 1. The van der Waals surface area contributed by atoms with E-state index in [1.807, 2.05) is 0 Å². The lowest BCUT2D eigenvalue weighted by Gasteiger charge is -2.25. The molecule has 1 aromatic carbocycles. The zero-order valence-electron chi connectivity index (χ0n) is 9.13. The highest BCUT2D eigenvalue weighted by atomic mass is 19.1. The van der Waals surface area contributed by atoms with Crippen molar-refractivity contribution in [1.29, 1.82) is 0 Å². The third kappa shape index (κ3) is 2.32. The second-order valence-corrected chi connectivity index (χ2v) is 3.89. The molecule has 0 aliphatic carbocycles. The highest BCUT2D eigenvalue weighted by molar-refractivity contribution is 5.75. The van der Waals surface area contributed by atoms with Crippen LogP contribution in [0.25, 0.3) is 0 Å². The summed E-state index contributed by atoms with van der Waals surface area (Å²) < 4.78 is 18.5. The number of benzene rings is 1. The molecule has 0 bridgehead atoms. The molecule has 0 spiro atoms. The molecule has 1 aromatic rings. The number of ether oxygens (including phenoxy) is 1. The molecule has 0 saturated heterocycles. The van der Waals surface area contributed by atoms with Crippen LogP contribution in [0.4, 0.5) is 4.39 Å². The summed E-state index contributed by atoms with van der Waals surface area (Å²) in [5, 5.41) is 2.84. The van der Waals surface area contributed by atoms with E-state index in [1.165, 1.54) is 12.1 Å². The van der Waals surface area contributed by atoms with Gasteiger partial charge in [0.05, 0.1) is 6.04 Å². The van der Waals surface area contributed by atoms with Gasteiger partial charge in [0.2, 0.25) is 5.91 Å². The van der Waals surface area contributed by atoms with Gasteiger partial charge in [-0.15, -0.1) is 0 Å². The second kappa shape index (κ2) is 4.51. The van der Waals surface area contributed by atoms with Gasteiger partial charge >= 0.3 is 0 Å². The smallest absolute Gasteiger partial charge is 0.220 e. The Bertz CT molecular complexity index is 406. The third-order valence-corrected chi connectivity index (χ3v) is 2.62. The molecule has 3 nitrogen and oxygen atoms in total. The van der Waals surface area contributed by atoms with Crippen molar-refractivity contribution < 1.29 is 13.9 Å². The maximum atomic E-state index is 13.0. The van der Waals surface area contributed by atoms with Crippen molar-refractivity contribution in [2.24, 2.45) is 0 Å². The van der Waals surface area contributed by atoms with Crippen LogP contribution in [0.15, 0.2) is 18.2 Å². The predicted octanol–water partition coefficient (Wildman–Crippen LogP) is 1.66. The number of carbonyl (C=O) groups excluding carboxylic acids is 1. The van der Waals surface area contributed by atoms with E-state index in [-0.39, 0.29) is 17.8 Å². The van der Waals surface area contributed by atoms with Gasteiger partial charge in [0.15, 0.2) is 0 Å². The van der Waals surface area contributed by atoms with Crippen LogP contribution in [0.5, 0.6) is 5.75 Å². The third-order valence-electron chi connectivity index (χ3n) is 2.62. The molecule has 2 rings (SSSR count). The molecule has 86 valence electrons. The van der Waals surface area contributed by atoms with Crippen molar-refractivity contribution in [3.8, 4) is 5.75 Å². The first-order valence-electron chi connectivity index (χ1n) is 5.39. The molecule has 0 fully saturated rings. The van der Waals surface area contributed by atoms with Gasteiger partial charge in [-0.1, -0.05) is 6.92 Å². The fourth-order valence-corrected chi connectivity index (χ4v) is 1.79. The van der Waals surface area contributed by atoms with Gasteiger partial charge < -0.3 is 10.1 Å². The van der Waals surface area contributed by atoms with Gasteiger partial charge in [-0.3, -0.25) is 4.79 Å². The number of halogens is 1. The number of hydrogen-bond donors (Lipinski definition) is 1. The molecule has 0 saturated carbocycles. The summed E-state index contributed by atoms with van der Waals surface area (Å²) in [5.41, 5.74) is 0.813. The van der Waals surface area contributed by atoms with E-state index < -0.39 is 0 Å². The molecular formula is C12H14FNO2. The van der Waals surface area contributed by atoms with E-state index in [1.54, 1.807) is 13.0 Å². The maximum absolute atomic E-state index is 13.0. The fourth-order valence-electron chi connectivity index (χ4n) is 1.79. The van der Waals surface area contributed by atoms with Crippen molar-refractivity contribution in [3.05, 3.63) is 29.6 Å². The first-order valence-corrected chi connectivity index (χ1v) is 5.39. The van der Waals surface area contributed by atoms with Gasteiger partial charge in [-0.25, -0.2) is 4.39 Å². The van der Waals surface area contributed by atoms with Gasteiger partial charge in [0, 0.05) is 6.42 Å². The van der Waals surface area contributed by atoms with Gasteiger partial charge in [-0.05, 0) is 30.2 Å². The first kappa shape index (κ1) is 10.9. The summed E-state index contributed by atoms with van der Waals surface area (Å²) in [6, 6.07) is 4.41. The van der Waals surface area contributed by atoms with Crippen LogP contribution < -0.4 is 10.1 Å². The van der Waals surface area contributed by atoms with Crippen LogP contribution in [0.1, 0.15) is 18.9 Å². The largest absolute Gasteiger partial charge is 0.491 e.